The molecule has 1 aromatic heterocycles. The van der Waals surface area contributed by atoms with E-state index >= 15 is 0 Å². The van der Waals surface area contributed by atoms with Gasteiger partial charge in [0, 0.05) is 24.2 Å². The Morgan fingerprint density at radius 2 is 1.76 bits per heavy atom. The van der Waals surface area contributed by atoms with Gasteiger partial charge in [-0.3, -0.25) is 4.79 Å². The molecule has 1 aliphatic rings. The molecule has 1 N–H and O–H groups in total. The SMILES string of the molecule is Cc1ccc(NC(=O)c2ccc3ccccc3n2)cc1S(=O)(=O)N1CCCCC1. The number of hydrogen-bond acceptors (Lipinski definition) is 4. The highest BCUT2D eigenvalue weighted by Crippen LogP contribution is 2.26. The van der Waals surface area contributed by atoms with E-state index in [1.807, 2.05) is 30.3 Å². The largest absolute Gasteiger partial charge is 0.321 e. The molecule has 6 nitrogen and oxygen atoms in total. The van der Waals surface area contributed by atoms with Gasteiger partial charge in [-0.1, -0.05) is 36.8 Å². The molecule has 0 radical (unpaired) electrons. The average molecular weight is 410 g/mol. The zero-order chi connectivity index (χ0) is 20.4. The normalized spacial score (nSPS) is 15.3. The van der Waals surface area contributed by atoms with E-state index in [9.17, 15) is 13.2 Å². The van der Waals surface area contributed by atoms with E-state index in [-0.39, 0.29) is 16.5 Å². The predicted octanol–water partition coefficient (Wildman–Crippen LogP) is 3.97. The van der Waals surface area contributed by atoms with Gasteiger partial charge >= 0.3 is 0 Å². The van der Waals surface area contributed by atoms with Crippen LogP contribution in [0.5, 0.6) is 0 Å². The van der Waals surface area contributed by atoms with Crippen molar-refractivity contribution in [3.05, 3.63) is 65.9 Å². The van der Waals surface area contributed by atoms with E-state index in [0.717, 1.165) is 30.2 Å². The van der Waals surface area contributed by atoms with Crippen LogP contribution in [0.3, 0.4) is 0 Å². The number of para-hydroxylation sites is 1. The Bertz CT molecular complexity index is 1170. The number of hydrogen-bond donors (Lipinski definition) is 1. The number of aromatic nitrogens is 1. The van der Waals surface area contributed by atoms with Gasteiger partial charge in [0.15, 0.2) is 0 Å². The third-order valence-electron chi connectivity index (χ3n) is 5.21. The molecule has 2 aromatic carbocycles. The number of fused-ring (bicyclic) bond motifs is 1. The Balaban J connectivity index is 1.60. The lowest BCUT2D eigenvalue weighted by Crippen LogP contribution is -2.36. The van der Waals surface area contributed by atoms with E-state index < -0.39 is 10.0 Å². The number of aryl methyl sites for hydroxylation is 1. The lowest BCUT2D eigenvalue weighted by Gasteiger charge is -2.26. The van der Waals surface area contributed by atoms with Crippen LogP contribution in [0.2, 0.25) is 0 Å². The fourth-order valence-corrected chi connectivity index (χ4v) is 5.36. The van der Waals surface area contributed by atoms with Gasteiger partial charge in [0.25, 0.3) is 5.91 Å². The second-order valence-corrected chi connectivity index (χ2v) is 9.19. The van der Waals surface area contributed by atoms with Crippen LogP contribution in [0, 0.1) is 6.92 Å². The van der Waals surface area contributed by atoms with Crippen LogP contribution in [0.15, 0.2) is 59.5 Å². The number of nitrogens with zero attached hydrogens (tertiary/aromatic N) is 2. The number of anilines is 1. The average Bonchev–Trinajstić information content (AvgIpc) is 2.75. The van der Waals surface area contributed by atoms with Crippen LogP contribution >= 0.6 is 0 Å². The molecule has 150 valence electrons. The fourth-order valence-electron chi connectivity index (χ4n) is 3.59. The predicted molar refractivity (Wildman–Crippen MR) is 113 cm³/mol. The summed E-state index contributed by atoms with van der Waals surface area (Å²) in [7, 11) is -3.58. The quantitative estimate of drug-likeness (QED) is 0.707. The van der Waals surface area contributed by atoms with Gasteiger partial charge in [0.2, 0.25) is 10.0 Å². The van der Waals surface area contributed by atoms with Crippen molar-refractivity contribution in [1.82, 2.24) is 9.29 Å². The van der Waals surface area contributed by atoms with Crippen LogP contribution in [0.25, 0.3) is 10.9 Å². The fraction of sp³-hybridized carbons (Fsp3) is 0.273. The van der Waals surface area contributed by atoms with Crippen LogP contribution in [0.1, 0.15) is 35.3 Å². The highest BCUT2D eigenvalue weighted by molar-refractivity contribution is 7.89. The molecule has 0 saturated carbocycles. The summed E-state index contributed by atoms with van der Waals surface area (Å²) in [6.07, 6.45) is 2.81. The summed E-state index contributed by atoms with van der Waals surface area (Å²) in [4.78, 5) is 17.3. The van der Waals surface area contributed by atoms with Crippen LogP contribution < -0.4 is 5.32 Å². The Morgan fingerprint density at radius 3 is 2.55 bits per heavy atom. The number of carbonyl (C=O) groups excluding carboxylic acids is 1. The minimum absolute atomic E-state index is 0.240. The summed E-state index contributed by atoms with van der Waals surface area (Å²) < 4.78 is 27.7. The number of benzene rings is 2. The molecule has 3 aromatic rings. The molecule has 7 heteroatoms. The molecule has 29 heavy (non-hydrogen) atoms. The smallest absolute Gasteiger partial charge is 0.274 e. The third kappa shape index (κ3) is 4.02. The summed E-state index contributed by atoms with van der Waals surface area (Å²) in [6, 6.07) is 16.1. The van der Waals surface area contributed by atoms with Crippen molar-refractivity contribution in [3.63, 3.8) is 0 Å². The zero-order valence-corrected chi connectivity index (χ0v) is 17.1. The van der Waals surface area contributed by atoms with Gasteiger partial charge in [-0.15, -0.1) is 0 Å². The van der Waals surface area contributed by atoms with Crippen LogP contribution in [-0.4, -0.2) is 36.7 Å². The number of piperidine rings is 1. The van der Waals surface area contributed by atoms with E-state index in [1.165, 1.54) is 10.4 Å². The molecular formula is C22H23N3O3S. The van der Waals surface area contributed by atoms with Crippen molar-refractivity contribution in [2.24, 2.45) is 0 Å². The molecule has 1 amide bonds. The molecule has 0 spiro atoms. The summed E-state index contributed by atoms with van der Waals surface area (Å²) in [5.41, 5.74) is 2.12. The molecule has 0 aliphatic carbocycles. The first-order chi connectivity index (χ1) is 13.9. The van der Waals surface area contributed by atoms with E-state index in [0.29, 0.717) is 24.3 Å². The first-order valence-electron chi connectivity index (χ1n) is 9.73. The Kier molecular flexibility index (Phi) is 5.34. The van der Waals surface area contributed by atoms with Gasteiger partial charge in [-0.25, -0.2) is 13.4 Å². The van der Waals surface area contributed by atoms with Crippen molar-refractivity contribution < 1.29 is 13.2 Å². The standard InChI is InChI=1S/C22H23N3O3S/c1-16-9-11-18(15-21(16)29(27,28)25-13-5-2-6-14-25)23-22(26)20-12-10-17-7-3-4-8-19(17)24-20/h3-4,7-12,15H,2,5-6,13-14H2,1H3,(H,23,26). The maximum Gasteiger partial charge on any atom is 0.274 e. The number of sulfonamides is 1. The number of carbonyl (C=O) groups is 1. The first kappa shape index (κ1) is 19.5. The summed E-state index contributed by atoms with van der Waals surface area (Å²) >= 11 is 0. The molecule has 0 bridgehead atoms. The summed E-state index contributed by atoms with van der Waals surface area (Å²) in [5, 5.41) is 3.73. The molecule has 0 atom stereocenters. The van der Waals surface area contributed by atoms with Crippen molar-refractivity contribution in [1.29, 1.82) is 0 Å². The minimum atomic E-state index is -3.58. The number of amides is 1. The molecule has 1 saturated heterocycles. The molecule has 1 aliphatic heterocycles. The molecule has 4 rings (SSSR count). The van der Waals surface area contributed by atoms with Gasteiger partial charge < -0.3 is 5.32 Å². The van der Waals surface area contributed by atoms with Gasteiger partial charge in [0.05, 0.1) is 10.4 Å². The van der Waals surface area contributed by atoms with Crippen molar-refractivity contribution in [2.45, 2.75) is 31.1 Å². The van der Waals surface area contributed by atoms with Crippen molar-refractivity contribution in [3.8, 4) is 0 Å². The van der Waals surface area contributed by atoms with Crippen LogP contribution in [-0.2, 0) is 10.0 Å². The maximum atomic E-state index is 13.1. The minimum Gasteiger partial charge on any atom is -0.321 e. The van der Waals surface area contributed by atoms with E-state index in [1.54, 1.807) is 25.1 Å². The third-order valence-corrected chi connectivity index (χ3v) is 7.25. The lowest BCUT2D eigenvalue weighted by molar-refractivity contribution is 0.102. The van der Waals surface area contributed by atoms with Crippen LogP contribution in [0.4, 0.5) is 5.69 Å². The van der Waals surface area contributed by atoms with Gasteiger partial charge in [-0.2, -0.15) is 4.31 Å². The van der Waals surface area contributed by atoms with Gasteiger partial charge in [0.1, 0.15) is 5.69 Å². The monoisotopic (exact) mass is 409 g/mol. The van der Waals surface area contributed by atoms with E-state index in [4.69, 9.17) is 0 Å². The van der Waals surface area contributed by atoms with Crippen molar-refractivity contribution in [2.75, 3.05) is 18.4 Å². The topological polar surface area (TPSA) is 79.4 Å². The maximum absolute atomic E-state index is 13.1. The summed E-state index contributed by atoms with van der Waals surface area (Å²) in [6.45, 7) is 2.85. The second-order valence-electron chi connectivity index (χ2n) is 7.29. The first-order valence-corrected chi connectivity index (χ1v) is 11.2. The molecular weight excluding hydrogens is 386 g/mol. The number of pyridine rings is 1. The van der Waals surface area contributed by atoms with Crippen molar-refractivity contribution >= 4 is 32.5 Å². The highest BCUT2D eigenvalue weighted by Gasteiger charge is 2.27. The summed E-state index contributed by atoms with van der Waals surface area (Å²) in [5.74, 6) is -0.374. The molecule has 0 unspecified atom stereocenters. The molecule has 2 heterocycles. The lowest BCUT2D eigenvalue weighted by atomic mass is 10.2. The van der Waals surface area contributed by atoms with Gasteiger partial charge in [-0.05, 0) is 49.6 Å². The Morgan fingerprint density at radius 1 is 1.00 bits per heavy atom. The number of nitrogens with one attached hydrogen (secondary N) is 1. The second kappa shape index (κ2) is 7.93. The highest BCUT2D eigenvalue weighted by atomic mass is 32.2. The van der Waals surface area contributed by atoms with E-state index in [2.05, 4.69) is 10.3 Å². The number of rotatable bonds is 4. The Labute approximate surface area is 170 Å². The zero-order valence-electron chi connectivity index (χ0n) is 16.3. The molecule has 1 fully saturated rings. The Hall–Kier alpha value is -2.77.